The number of rotatable bonds is 6. The Hall–Kier alpha value is -0.870. The highest BCUT2D eigenvalue weighted by Gasteiger charge is 2.25. The van der Waals surface area contributed by atoms with E-state index in [1.54, 1.807) is 19.1 Å². The fourth-order valence-electron chi connectivity index (χ4n) is 2.43. The Balaban J connectivity index is 2.92. The lowest BCUT2D eigenvalue weighted by Crippen LogP contribution is -2.32. The van der Waals surface area contributed by atoms with E-state index in [2.05, 4.69) is 26.1 Å². The molecule has 0 heterocycles. The van der Waals surface area contributed by atoms with Crippen molar-refractivity contribution in [3.8, 4) is 0 Å². The summed E-state index contributed by atoms with van der Waals surface area (Å²) in [5, 5.41) is 2.88. The van der Waals surface area contributed by atoms with Crippen molar-refractivity contribution in [2.24, 2.45) is 0 Å². The van der Waals surface area contributed by atoms with Gasteiger partial charge in [0.05, 0.1) is 10.1 Å². The zero-order valence-electron chi connectivity index (χ0n) is 14.1. The molecule has 4 heteroatoms. The molecule has 1 N–H and O–H groups in total. The summed E-state index contributed by atoms with van der Waals surface area (Å²) in [4.78, 5) is 0.423. The maximum atomic E-state index is 12.6. The van der Waals surface area contributed by atoms with Crippen LogP contribution in [0.5, 0.6) is 0 Å². The highest BCUT2D eigenvalue weighted by molar-refractivity contribution is 7.92. The van der Waals surface area contributed by atoms with E-state index >= 15 is 0 Å². The normalized spacial score (nSPS) is 15.7. The highest BCUT2D eigenvalue weighted by Crippen LogP contribution is 2.25. The van der Waals surface area contributed by atoms with Gasteiger partial charge in [-0.25, -0.2) is 8.42 Å². The van der Waals surface area contributed by atoms with E-state index in [1.165, 1.54) is 0 Å². The third kappa shape index (κ3) is 4.82. The van der Waals surface area contributed by atoms with Gasteiger partial charge in [-0.2, -0.15) is 0 Å². The van der Waals surface area contributed by atoms with Crippen LogP contribution in [-0.2, 0) is 15.3 Å². The van der Waals surface area contributed by atoms with Crippen molar-refractivity contribution in [3.05, 3.63) is 29.8 Å². The first-order valence-corrected chi connectivity index (χ1v) is 9.21. The van der Waals surface area contributed by atoms with Crippen LogP contribution in [0.25, 0.3) is 0 Å². The van der Waals surface area contributed by atoms with E-state index < -0.39 is 9.84 Å². The standard InChI is InChI=1S/C17H29NO2S/c1-7-18-13(2)12-14(3)21(19,20)16-10-8-15(9-11-16)17(4,5)6/h8-11,13-14,18H,7,12H2,1-6H3. The lowest BCUT2D eigenvalue weighted by molar-refractivity contribution is 0.509. The minimum atomic E-state index is -3.25. The van der Waals surface area contributed by atoms with Gasteiger partial charge in [-0.05, 0) is 49.9 Å². The lowest BCUT2D eigenvalue weighted by atomic mass is 9.87. The van der Waals surface area contributed by atoms with Crippen LogP contribution in [-0.4, -0.2) is 26.3 Å². The van der Waals surface area contributed by atoms with Gasteiger partial charge in [0.25, 0.3) is 0 Å². The van der Waals surface area contributed by atoms with Gasteiger partial charge < -0.3 is 5.32 Å². The van der Waals surface area contributed by atoms with Crippen molar-refractivity contribution < 1.29 is 8.42 Å². The van der Waals surface area contributed by atoms with Crippen molar-refractivity contribution in [2.45, 2.75) is 69.6 Å². The molecule has 3 nitrogen and oxygen atoms in total. The number of hydrogen-bond acceptors (Lipinski definition) is 3. The molecule has 0 aliphatic rings. The van der Waals surface area contributed by atoms with E-state index in [1.807, 2.05) is 26.0 Å². The molecule has 120 valence electrons. The summed E-state index contributed by atoms with van der Waals surface area (Å²) in [6, 6.07) is 7.53. The number of sulfone groups is 1. The molecule has 21 heavy (non-hydrogen) atoms. The quantitative estimate of drug-likeness (QED) is 0.874. The van der Waals surface area contributed by atoms with E-state index in [4.69, 9.17) is 0 Å². The van der Waals surface area contributed by atoms with Crippen LogP contribution >= 0.6 is 0 Å². The van der Waals surface area contributed by atoms with Crippen LogP contribution in [0.2, 0.25) is 0 Å². The molecule has 1 aromatic carbocycles. The largest absolute Gasteiger partial charge is 0.314 e. The molecule has 0 radical (unpaired) electrons. The van der Waals surface area contributed by atoms with E-state index in [0.717, 1.165) is 12.1 Å². The summed E-state index contributed by atoms with van der Waals surface area (Å²) in [6.07, 6.45) is 0.622. The molecule has 0 amide bonds. The van der Waals surface area contributed by atoms with Crippen LogP contribution in [0.1, 0.15) is 53.5 Å². The van der Waals surface area contributed by atoms with Gasteiger partial charge in [0.15, 0.2) is 9.84 Å². The van der Waals surface area contributed by atoms with Gasteiger partial charge in [0.1, 0.15) is 0 Å². The molecule has 1 aromatic rings. The zero-order chi connectivity index (χ0) is 16.3. The first kappa shape index (κ1) is 18.2. The maximum Gasteiger partial charge on any atom is 0.181 e. The molecular weight excluding hydrogens is 282 g/mol. The van der Waals surface area contributed by atoms with Crippen LogP contribution in [0, 0.1) is 0 Å². The molecule has 2 unspecified atom stereocenters. The second-order valence-corrected chi connectivity index (χ2v) is 9.19. The molecule has 0 aliphatic carbocycles. The molecule has 0 saturated carbocycles. The van der Waals surface area contributed by atoms with Crippen molar-refractivity contribution in [3.63, 3.8) is 0 Å². The topological polar surface area (TPSA) is 46.2 Å². The van der Waals surface area contributed by atoms with Gasteiger partial charge in [-0.1, -0.05) is 39.8 Å². The lowest BCUT2D eigenvalue weighted by Gasteiger charge is -2.21. The Morgan fingerprint density at radius 3 is 2.05 bits per heavy atom. The Morgan fingerprint density at radius 1 is 1.10 bits per heavy atom. The van der Waals surface area contributed by atoms with Crippen molar-refractivity contribution in [1.82, 2.24) is 5.32 Å². The van der Waals surface area contributed by atoms with E-state index in [0.29, 0.717) is 11.3 Å². The van der Waals surface area contributed by atoms with Crippen LogP contribution < -0.4 is 5.32 Å². The van der Waals surface area contributed by atoms with Crippen molar-refractivity contribution in [1.29, 1.82) is 0 Å². The minimum absolute atomic E-state index is 0.0352. The maximum absolute atomic E-state index is 12.6. The van der Waals surface area contributed by atoms with Gasteiger partial charge in [-0.3, -0.25) is 0 Å². The van der Waals surface area contributed by atoms with Crippen LogP contribution in [0.4, 0.5) is 0 Å². The Labute approximate surface area is 130 Å². The molecule has 2 atom stereocenters. The van der Waals surface area contributed by atoms with Crippen molar-refractivity contribution >= 4 is 9.84 Å². The third-order valence-corrected chi connectivity index (χ3v) is 6.00. The van der Waals surface area contributed by atoms with Gasteiger partial charge in [-0.15, -0.1) is 0 Å². The molecule has 0 fully saturated rings. The van der Waals surface area contributed by atoms with Crippen molar-refractivity contribution in [2.75, 3.05) is 6.54 Å². The summed E-state index contributed by atoms with van der Waals surface area (Å²) >= 11 is 0. The number of benzene rings is 1. The smallest absolute Gasteiger partial charge is 0.181 e. The molecule has 0 aromatic heterocycles. The number of hydrogen-bond donors (Lipinski definition) is 1. The molecule has 0 bridgehead atoms. The first-order chi connectivity index (χ1) is 9.59. The average molecular weight is 311 g/mol. The number of nitrogens with one attached hydrogen (secondary N) is 1. The summed E-state index contributed by atoms with van der Waals surface area (Å²) in [5.74, 6) is 0. The summed E-state index contributed by atoms with van der Waals surface area (Å²) in [6.45, 7) is 13.1. The summed E-state index contributed by atoms with van der Waals surface area (Å²) in [7, 11) is -3.25. The Kier molecular flexibility index (Phi) is 6.00. The van der Waals surface area contributed by atoms with Crippen LogP contribution in [0.15, 0.2) is 29.2 Å². The molecular formula is C17H29NO2S. The predicted molar refractivity (Wildman–Crippen MR) is 89.5 cm³/mol. The minimum Gasteiger partial charge on any atom is -0.314 e. The Morgan fingerprint density at radius 2 is 1.62 bits per heavy atom. The second-order valence-electron chi connectivity index (χ2n) is 6.82. The Bertz CT molecular complexity index is 541. The average Bonchev–Trinajstić information content (AvgIpc) is 2.38. The summed E-state index contributed by atoms with van der Waals surface area (Å²) in [5.41, 5.74) is 1.18. The fourth-order valence-corrected chi connectivity index (χ4v) is 3.96. The van der Waals surface area contributed by atoms with Gasteiger partial charge in [0, 0.05) is 6.04 Å². The van der Waals surface area contributed by atoms with Crippen LogP contribution in [0.3, 0.4) is 0 Å². The van der Waals surface area contributed by atoms with E-state index in [9.17, 15) is 8.42 Å². The van der Waals surface area contributed by atoms with Gasteiger partial charge in [0.2, 0.25) is 0 Å². The molecule has 1 rings (SSSR count). The van der Waals surface area contributed by atoms with Gasteiger partial charge >= 0.3 is 0 Å². The zero-order valence-corrected chi connectivity index (χ0v) is 14.9. The second kappa shape index (κ2) is 6.93. The monoisotopic (exact) mass is 311 g/mol. The summed E-state index contributed by atoms with van der Waals surface area (Å²) < 4.78 is 25.2. The third-order valence-electron chi connectivity index (χ3n) is 3.82. The molecule has 0 spiro atoms. The molecule has 0 aliphatic heterocycles. The predicted octanol–water partition coefficient (Wildman–Crippen LogP) is 3.53. The fraction of sp³-hybridized carbons (Fsp3) is 0.647. The SMILES string of the molecule is CCNC(C)CC(C)S(=O)(=O)c1ccc(C(C)(C)C)cc1. The van der Waals surface area contributed by atoms with E-state index in [-0.39, 0.29) is 16.7 Å². The molecule has 0 saturated heterocycles. The highest BCUT2D eigenvalue weighted by atomic mass is 32.2. The first-order valence-electron chi connectivity index (χ1n) is 7.67.